The molecular weight excluding hydrogens is 222 g/mol. The second-order valence-corrected chi connectivity index (χ2v) is 5.14. The molecule has 8 heteroatoms. The molecule has 0 aliphatic rings. The van der Waals surface area contributed by atoms with Crippen LogP contribution >= 0.6 is 0 Å². The van der Waals surface area contributed by atoms with Crippen LogP contribution < -0.4 is 15.2 Å². The van der Waals surface area contributed by atoms with Gasteiger partial charge in [-0.15, -0.1) is 0 Å². The van der Waals surface area contributed by atoms with Crippen molar-refractivity contribution in [3.63, 3.8) is 0 Å². The SMILES string of the molecule is CCOC(=O)NS(=O)(=O)NCC(C)(C)N. The zero-order valence-corrected chi connectivity index (χ0v) is 9.85. The standard InChI is InChI=1S/C7H17N3O4S/c1-4-14-6(11)10-15(12,13)9-5-7(2,3)8/h9H,4-5,8H2,1-3H3,(H,10,11). The van der Waals surface area contributed by atoms with Gasteiger partial charge in [-0.2, -0.15) is 13.1 Å². The van der Waals surface area contributed by atoms with Gasteiger partial charge in [0.15, 0.2) is 0 Å². The summed E-state index contributed by atoms with van der Waals surface area (Å²) in [4.78, 5) is 10.8. The molecule has 4 N–H and O–H groups in total. The highest BCUT2D eigenvalue weighted by atomic mass is 32.2. The third kappa shape index (κ3) is 8.16. The average molecular weight is 239 g/mol. The number of nitrogens with one attached hydrogen (secondary N) is 2. The van der Waals surface area contributed by atoms with Gasteiger partial charge in [0.2, 0.25) is 0 Å². The predicted octanol–water partition coefficient (Wildman–Crippen LogP) is -0.696. The first kappa shape index (κ1) is 14.1. The fourth-order valence-electron chi connectivity index (χ4n) is 0.587. The van der Waals surface area contributed by atoms with Crippen molar-refractivity contribution in [2.45, 2.75) is 26.3 Å². The van der Waals surface area contributed by atoms with Crippen LogP contribution in [0, 0.1) is 0 Å². The number of carbonyl (C=O) groups excluding carboxylic acids is 1. The second kappa shape index (κ2) is 5.29. The number of hydrogen-bond acceptors (Lipinski definition) is 5. The molecular formula is C7H17N3O4S. The molecule has 0 spiro atoms. The summed E-state index contributed by atoms with van der Waals surface area (Å²) in [5.74, 6) is 0. The molecule has 0 aromatic heterocycles. The van der Waals surface area contributed by atoms with Gasteiger partial charge in [-0.1, -0.05) is 0 Å². The van der Waals surface area contributed by atoms with Crippen LogP contribution in [0.5, 0.6) is 0 Å². The van der Waals surface area contributed by atoms with Crippen molar-refractivity contribution in [3.05, 3.63) is 0 Å². The molecule has 0 heterocycles. The number of amides is 1. The van der Waals surface area contributed by atoms with E-state index in [1.807, 2.05) is 0 Å². The van der Waals surface area contributed by atoms with Crippen molar-refractivity contribution in [1.29, 1.82) is 0 Å². The Labute approximate surface area is 89.5 Å². The summed E-state index contributed by atoms with van der Waals surface area (Å²) in [6.07, 6.45) is -1.01. The zero-order chi connectivity index (χ0) is 12.1. The molecule has 0 rings (SSSR count). The summed E-state index contributed by atoms with van der Waals surface area (Å²) in [5.41, 5.74) is 4.87. The fourth-order valence-corrected chi connectivity index (χ4v) is 1.50. The molecule has 0 fully saturated rings. The molecule has 0 saturated carbocycles. The topological polar surface area (TPSA) is 111 Å². The summed E-state index contributed by atoms with van der Waals surface area (Å²) in [5, 5.41) is 0. The van der Waals surface area contributed by atoms with Gasteiger partial charge in [-0.3, -0.25) is 0 Å². The highest BCUT2D eigenvalue weighted by molar-refractivity contribution is 7.88. The first-order valence-electron chi connectivity index (χ1n) is 4.39. The van der Waals surface area contributed by atoms with E-state index in [1.54, 1.807) is 25.5 Å². The van der Waals surface area contributed by atoms with Gasteiger partial charge in [0.25, 0.3) is 0 Å². The third-order valence-electron chi connectivity index (χ3n) is 1.21. The van der Waals surface area contributed by atoms with Crippen LogP contribution in [0.3, 0.4) is 0 Å². The van der Waals surface area contributed by atoms with Crippen LogP contribution in [0.15, 0.2) is 0 Å². The lowest BCUT2D eigenvalue weighted by molar-refractivity contribution is 0.158. The maximum Gasteiger partial charge on any atom is 0.421 e. The van der Waals surface area contributed by atoms with E-state index < -0.39 is 21.8 Å². The van der Waals surface area contributed by atoms with Crippen LogP contribution in [0.4, 0.5) is 4.79 Å². The average Bonchev–Trinajstić information content (AvgIpc) is 1.99. The molecule has 0 saturated heterocycles. The summed E-state index contributed by atoms with van der Waals surface area (Å²) < 4.78 is 30.6. The predicted molar refractivity (Wildman–Crippen MR) is 55.3 cm³/mol. The Morgan fingerprint density at radius 1 is 1.47 bits per heavy atom. The molecule has 90 valence electrons. The highest BCUT2D eigenvalue weighted by Crippen LogP contribution is 1.94. The van der Waals surface area contributed by atoms with Crippen LogP contribution in [0.25, 0.3) is 0 Å². The molecule has 0 aromatic carbocycles. The van der Waals surface area contributed by atoms with Crippen molar-refractivity contribution in [2.24, 2.45) is 5.73 Å². The zero-order valence-electron chi connectivity index (χ0n) is 9.03. The molecule has 1 amide bonds. The van der Waals surface area contributed by atoms with Crippen molar-refractivity contribution >= 4 is 16.3 Å². The number of carbonyl (C=O) groups is 1. The van der Waals surface area contributed by atoms with E-state index in [1.165, 1.54) is 0 Å². The summed E-state index contributed by atoms with van der Waals surface area (Å²) >= 11 is 0. The maximum atomic E-state index is 11.2. The van der Waals surface area contributed by atoms with Gasteiger partial charge < -0.3 is 10.5 Å². The van der Waals surface area contributed by atoms with E-state index in [0.717, 1.165) is 0 Å². The highest BCUT2D eigenvalue weighted by Gasteiger charge is 2.18. The van der Waals surface area contributed by atoms with E-state index in [-0.39, 0.29) is 13.2 Å². The van der Waals surface area contributed by atoms with Crippen molar-refractivity contribution in [3.8, 4) is 0 Å². The quantitative estimate of drug-likeness (QED) is 0.587. The molecule has 0 aromatic rings. The smallest absolute Gasteiger partial charge is 0.421 e. The second-order valence-electron chi connectivity index (χ2n) is 3.64. The number of ether oxygens (including phenoxy) is 1. The molecule has 0 aliphatic carbocycles. The minimum Gasteiger partial charge on any atom is -0.449 e. The normalized spacial score (nSPS) is 12.3. The molecule has 0 radical (unpaired) electrons. The van der Waals surface area contributed by atoms with Gasteiger partial charge in [0.1, 0.15) is 0 Å². The lowest BCUT2D eigenvalue weighted by Crippen LogP contribution is -2.49. The molecule has 0 aliphatic heterocycles. The Bertz CT molecular complexity index is 307. The van der Waals surface area contributed by atoms with Crippen molar-refractivity contribution < 1.29 is 17.9 Å². The minimum atomic E-state index is -3.89. The van der Waals surface area contributed by atoms with Gasteiger partial charge in [0.05, 0.1) is 6.61 Å². The Balaban J connectivity index is 4.15. The Morgan fingerprint density at radius 3 is 2.40 bits per heavy atom. The van der Waals surface area contributed by atoms with Crippen LogP contribution in [0.2, 0.25) is 0 Å². The van der Waals surface area contributed by atoms with Crippen LogP contribution in [0.1, 0.15) is 20.8 Å². The Hall–Kier alpha value is -0.860. The van der Waals surface area contributed by atoms with E-state index in [0.29, 0.717) is 0 Å². The molecule has 15 heavy (non-hydrogen) atoms. The molecule has 0 unspecified atom stereocenters. The lowest BCUT2D eigenvalue weighted by Gasteiger charge is -2.18. The number of hydrogen-bond donors (Lipinski definition) is 3. The van der Waals surface area contributed by atoms with Crippen LogP contribution in [-0.4, -0.2) is 33.2 Å². The minimum absolute atomic E-state index is 0.0156. The van der Waals surface area contributed by atoms with E-state index in [2.05, 4.69) is 9.46 Å². The third-order valence-corrected chi connectivity index (χ3v) is 2.17. The van der Waals surface area contributed by atoms with Gasteiger partial charge >= 0.3 is 16.3 Å². The first-order valence-corrected chi connectivity index (χ1v) is 5.87. The Morgan fingerprint density at radius 2 is 2.00 bits per heavy atom. The number of rotatable bonds is 5. The first-order chi connectivity index (χ1) is 6.66. The van der Waals surface area contributed by atoms with Gasteiger partial charge in [-0.25, -0.2) is 9.52 Å². The molecule has 0 bridgehead atoms. The van der Waals surface area contributed by atoms with Crippen LogP contribution in [-0.2, 0) is 14.9 Å². The van der Waals surface area contributed by atoms with Crippen molar-refractivity contribution in [2.75, 3.05) is 13.2 Å². The summed E-state index contributed by atoms with van der Waals surface area (Å²) in [6, 6.07) is 0. The number of nitrogens with two attached hydrogens (primary N) is 1. The van der Waals surface area contributed by atoms with E-state index in [9.17, 15) is 13.2 Å². The monoisotopic (exact) mass is 239 g/mol. The van der Waals surface area contributed by atoms with Gasteiger partial charge in [0, 0.05) is 12.1 Å². The lowest BCUT2D eigenvalue weighted by atomic mass is 10.1. The van der Waals surface area contributed by atoms with Gasteiger partial charge in [-0.05, 0) is 20.8 Å². The van der Waals surface area contributed by atoms with Crippen molar-refractivity contribution in [1.82, 2.24) is 9.44 Å². The summed E-state index contributed by atoms with van der Waals surface area (Å²) in [7, 11) is -3.89. The maximum absolute atomic E-state index is 11.2. The summed E-state index contributed by atoms with van der Waals surface area (Å²) in [6.45, 7) is 4.99. The largest absolute Gasteiger partial charge is 0.449 e. The molecule has 7 nitrogen and oxygen atoms in total. The Kier molecular flexibility index (Phi) is 4.98. The van der Waals surface area contributed by atoms with E-state index >= 15 is 0 Å². The van der Waals surface area contributed by atoms with E-state index in [4.69, 9.17) is 5.73 Å². The fraction of sp³-hybridized carbons (Fsp3) is 0.857. The molecule has 0 atom stereocenters.